The van der Waals surface area contributed by atoms with E-state index in [2.05, 4.69) is 11.8 Å². The van der Waals surface area contributed by atoms with Crippen molar-refractivity contribution in [1.82, 2.24) is 0 Å². The van der Waals surface area contributed by atoms with Crippen LogP contribution >= 0.6 is 0 Å². The van der Waals surface area contributed by atoms with Crippen LogP contribution in [0, 0.1) is 11.8 Å². The highest BCUT2D eigenvalue weighted by atomic mass is 16.3. The van der Waals surface area contributed by atoms with Crippen molar-refractivity contribution in [2.24, 2.45) is 0 Å². The lowest BCUT2D eigenvalue weighted by molar-refractivity contribution is 0.203. The van der Waals surface area contributed by atoms with Crippen molar-refractivity contribution in [3.8, 4) is 11.8 Å². The molecular weight excluding hydrogens is 184 g/mol. The van der Waals surface area contributed by atoms with E-state index in [1.165, 1.54) is 0 Å². The molecule has 1 aromatic rings. The zero-order chi connectivity index (χ0) is 10.5. The van der Waals surface area contributed by atoms with Gasteiger partial charge >= 0.3 is 0 Å². The third kappa shape index (κ3) is 2.97. The van der Waals surface area contributed by atoms with E-state index in [4.69, 9.17) is 0 Å². The maximum absolute atomic E-state index is 9.43. The summed E-state index contributed by atoms with van der Waals surface area (Å²) >= 11 is 0. The summed E-state index contributed by atoms with van der Waals surface area (Å²) in [6, 6.07) is 9.93. The van der Waals surface area contributed by atoms with Crippen molar-refractivity contribution in [1.29, 1.82) is 0 Å². The maximum atomic E-state index is 9.43. The van der Waals surface area contributed by atoms with Gasteiger partial charge < -0.3 is 5.11 Å². The third-order valence-corrected chi connectivity index (χ3v) is 2.48. The molecule has 0 radical (unpaired) electrons. The molecule has 1 atom stereocenters. The van der Waals surface area contributed by atoms with Gasteiger partial charge in [-0.25, -0.2) is 0 Å². The van der Waals surface area contributed by atoms with Crippen LogP contribution in [0.15, 0.2) is 42.0 Å². The Morgan fingerprint density at radius 2 is 1.93 bits per heavy atom. The first-order valence-electron chi connectivity index (χ1n) is 5.30. The van der Waals surface area contributed by atoms with Gasteiger partial charge in [-0.05, 0) is 37.5 Å². The first-order chi connectivity index (χ1) is 7.34. The summed E-state index contributed by atoms with van der Waals surface area (Å²) in [6.07, 6.45) is 4.49. The van der Waals surface area contributed by atoms with Gasteiger partial charge in [0.1, 0.15) is 0 Å². The molecule has 15 heavy (non-hydrogen) atoms. The van der Waals surface area contributed by atoms with Crippen molar-refractivity contribution >= 4 is 0 Å². The lowest BCUT2D eigenvalue weighted by Crippen LogP contribution is -2.07. The Bertz CT molecular complexity index is 406. The molecule has 1 unspecified atom stereocenters. The van der Waals surface area contributed by atoms with Crippen LogP contribution in [-0.4, -0.2) is 11.2 Å². The minimum absolute atomic E-state index is 0.293. The molecule has 0 fully saturated rings. The quantitative estimate of drug-likeness (QED) is 0.635. The predicted octanol–water partition coefficient (Wildman–Crippen LogP) is 2.51. The minimum Gasteiger partial charge on any atom is -0.389 e. The topological polar surface area (TPSA) is 20.2 Å². The normalized spacial score (nSPS) is 20.1. The molecule has 1 aliphatic rings. The predicted molar refractivity (Wildman–Crippen MR) is 61.3 cm³/mol. The second-order valence-corrected chi connectivity index (χ2v) is 3.77. The number of allylic oxidation sites excluding steroid dienone is 1. The molecule has 76 valence electrons. The molecule has 2 rings (SSSR count). The molecule has 0 saturated carbocycles. The fraction of sp³-hybridized carbons (Fsp3) is 0.286. The van der Waals surface area contributed by atoms with Gasteiger partial charge in [-0.1, -0.05) is 30.0 Å². The van der Waals surface area contributed by atoms with Gasteiger partial charge in [0.25, 0.3) is 0 Å². The molecule has 0 aromatic heterocycles. The number of aliphatic hydroxyl groups is 1. The van der Waals surface area contributed by atoms with E-state index < -0.39 is 0 Å². The highest BCUT2D eigenvalue weighted by Gasteiger charge is 2.08. The van der Waals surface area contributed by atoms with Crippen LogP contribution in [0.4, 0.5) is 0 Å². The van der Waals surface area contributed by atoms with Crippen molar-refractivity contribution < 1.29 is 5.11 Å². The molecule has 1 aromatic carbocycles. The first-order valence-corrected chi connectivity index (χ1v) is 5.30. The smallest absolute Gasteiger partial charge is 0.0732 e. The Hall–Kier alpha value is -1.52. The standard InChI is InChI=1S/C14H14O/c15-14-8-4-7-13(11-14)10-9-12-5-2-1-3-6-12/h1-3,5-6,11,14-15H,4,7-8H2. The van der Waals surface area contributed by atoms with E-state index in [1.54, 1.807) is 0 Å². The summed E-state index contributed by atoms with van der Waals surface area (Å²) in [5.74, 6) is 6.22. The molecule has 0 saturated heterocycles. The average Bonchev–Trinajstić information content (AvgIpc) is 2.28. The zero-order valence-corrected chi connectivity index (χ0v) is 8.61. The molecule has 1 nitrogen and oxygen atoms in total. The lowest BCUT2D eigenvalue weighted by atomic mass is 9.98. The monoisotopic (exact) mass is 198 g/mol. The van der Waals surface area contributed by atoms with E-state index in [0.29, 0.717) is 0 Å². The van der Waals surface area contributed by atoms with Gasteiger partial charge in [-0.3, -0.25) is 0 Å². The van der Waals surface area contributed by atoms with Crippen molar-refractivity contribution in [3.05, 3.63) is 47.5 Å². The molecule has 0 bridgehead atoms. The summed E-state index contributed by atoms with van der Waals surface area (Å²) in [4.78, 5) is 0. The Morgan fingerprint density at radius 1 is 1.13 bits per heavy atom. The van der Waals surface area contributed by atoms with Crippen LogP contribution in [0.5, 0.6) is 0 Å². The van der Waals surface area contributed by atoms with Gasteiger partial charge in [0.2, 0.25) is 0 Å². The van der Waals surface area contributed by atoms with Crippen molar-refractivity contribution in [2.75, 3.05) is 0 Å². The maximum Gasteiger partial charge on any atom is 0.0732 e. The number of hydrogen-bond donors (Lipinski definition) is 1. The van der Waals surface area contributed by atoms with E-state index in [9.17, 15) is 5.11 Å². The van der Waals surface area contributed by atoms with Crippen LogP contribution in [0.3, 0.4) is 0 Å². The Kier molecular flexibility index (Phi) is 3.22. The summed E-state index contributed by atoms with van der Waals surface area (Å²) in [6.45, 7) is 0. The summed E-state index contributed by atoms with van der Waals surface area (Å²) in [5, 5.41) is 9.43. The first kappa shape index (κ1) is 10.0. The highest BCUT2D eigenvalue weighted by Crippen LogP contribution is 2.17. The number of hydrogen-bond acceptors (Lipinski definition) is 1. The third-order valence-electron chi connectivity index (χ3n) is 2.48. The van der Waals surface area contributed by atoms with Gasteiger partial charge in [0.05, 0.1) is 6.10 Å². The van der Waals surface area contributed by atoms with Gasteiger partial charge in [0.15, 0.2) is 0 Å². The van der Waals surface area contributed by atoms with E-state index >= 15 is 0 Å². The fourth-order valence-electron chi connectivity index (χ4n) is 1.68. The lowest BCUT2D eigenvalue weighted by Gasteiger charge is -2.12. The molecular formula is C14H14O. The SMILES string of the molecule is OC1C=C(C#Cc2ccccc2)CCC1. The number of aliphatic hydroxyl groups excluding tert-OH is 1. The van der Waals surface area contributed by atoms with Crippen LogP contribution in [0.2, 0.25) is 0 Å². The van der Waals surface area contributed by atoms with Crippen LogP contribution in [0.25, 0.3) is 0 Å². The minimum atomic E-state index is -0.293. The van der Waals surface area contributed by atoms with Crippen molar-refractivity contribution in [3.63, 3.8) is 0 Å². The largest absolute Gasteiger partial charge is 0.389 e. The summed E-state index contributed by atoms with van der Waals surface area (Å²) < 4.78 is 0. The van der Waals surface area contributed by atoms with Gasteiger partial charge in [-0.2, -0.15) is 0 Å². The fourth-order valence-corrected chi connectivity index (χ4v) is 1.68. The van der Waals surface area contributed by atoms with Crippen LogP contribution in [0.1, 0.15) is 24.8 Å². The van der Waals surface area contributed by atoms with E-state index in [-0.39, 0.29) is 6.10 Å². The molecule has 0 spiro atoms. The molecule has 0 aliphatic heterocycles. The van der Waals surface area contributed by atoms with E-state index in [0.717, 1.165) is 30.4 Å². The summed E-state index contributed by atoms with van der Waals surface area (Å²) in [7, 11) is 0. The Labute approximate surface area is 90.4 Å². The highest BCUT2D eigenvalue weighted by molar-refractivity contribution is 5.41. The van der Waals surface area contributed by atoms with Gasteiger partial charge in [0, 0.05) is 11.1 Å². The van der Waals surface area contributed by atoms with E-state index in [1.807, 2.05) is 36.4 Å². The zero-order valence-electron chi connectivity index (χ0n) is 8.61. The molecule has 0 heterocycles. The Morgan fingerprint density at radius 3 is 2.67 bits per heavy atom. The Balaban J connectivity index is 2.12. The second-order valence-electron chi connectivity index (χ2n) is 3.77. The van der Waals surface area contributed by atoms with Crippen LogP contribution < -0.4 is 0 Å². The molecule has 1 heteroatoms. The average molecular weight is 198 g/mol. The number of benzene rings is 1. The molecule has 0 amide bonds. The molecule has 1 N–H and O–H groups in total. The second kappa shape index (κ2) is 4.82. The van der Waals surface area contributed by atoms with Crippen LogP contribution in [-0.2, 0) is 0 Å². The number of rotatable bonds is 0. The van der Waals surface area contributed by atoms with Gasteiger partial charge in [-0.15, -0.1) is 0 Å². The molecule has 1 aliphatic carbocycles. The van der Waals surface area contributed by atoms with Crippen molar-refractivity contribution in [2.45, 2.75) is 25.4 Å². The summed E-state index contributed by atoms with van der Waals surface area (Å²) in [5.41, 5.74) is 2.09.